The minimum absolute atomic E-state index is 0.0640. The Morgan fingerprint density at radius 3 is 2.12 bits per heavy atom. The highest BCUT2D eigenvalue weighted by Crippen LogP contribution is 2.19. The van der Waals surface area contributed by atoms with E-state index in [1.54, 1.807) is 67.3 Å². The molecule has 168 valence electrons. The number of hydrogen-bond donors (Lipinski definition) is 2. The molecule has 0 atom stereocenters. The van der Waals surface area contributed by atoms with Crippen LogP contribution in [-0.4, -0.2) is 46.0 Å². The first kappa shape index (κ1) is 23.1. The average Bonchev–Trinajstić information content (AvgIpc) is 3.13. The van der Waals surface area contributed by atoms with E-state index in [1.807, 2.05) is 6.92 Å². The molecular weight excluding hydrogens is 430 g/mol. The number of benzene rings is 2. The first-order valence-corrected chi connectivity index (χ1v) is 10.9. The monoisotopic (exact) mass is 455 g/mol. The van der Waals surface area contributed by atoms with Gasteiger partial charge < -0.3 is 24.7 Å². The lowest BCUT2D eigenvalue weighted by Gasteiger charge is -2.08. The van der Waals surface area contributed by atoms with Crippen LogP contribution in [0.2, 0.25) is 0 Å². The second-order valence-electron chi connectivity index (χ2n) is 6.71. The van der Waals surface area contributed by atoms with Gasteiger partial charge >= 0.3 is 0 Å². The van der Waals surface area contributed by atoms with Crippen LogP contribution in [0.15, 0.2) is 53.7 Å². The fraction of sp³-hybridized carbons (Fsp3) is 0.273. The first-order chi connectivity index (χ1) is 15.5. The van der Waals surface area contributed by atoms with Crippen LogP contribution in [0.25, 0.3) is 0 Å². The van der Waals surface area contributed by atoms with Crippen molar-refractivity contribution < 1.29 is 19.1 Å². The highest BCUT2D eigenvalue weighted by molar-refractivity contribution is 7.99. The van der Waals surface area contributed by atoms with Crippen molar-refractivity contribution in [3.63, 3.8) is 0 Å². The van der Waals surface area contributed by atoms with Gasteiger partial charge in [-0.1, -0.05) is 11.8 Å². The Morgan fingerprint density at radius 1 is 0.938 bits per heavy atom. The van der Waals surface area contributed by atoms with Crippen LogP contribution in [0.3, 0.4) is 0 Å². The van der Waals surface area contributed by atoms with Crippen LogP contribution in [0.4, 0.5) is 11.4 Å². The lowest BCUT2D eigenvalue weighted by atomic mass is 10.3. The van der Waals surface area contributed by atoms with E-state index in [9.17, 15) is 9.59 Å². The largest absolute Gasteiger partial charge is 0.497 e. The second kappa shape index (κ2) is 11.2. The van der Waals surface area contributed by atoms with Gasteiger partial charge in [-0.2, -0.15) is 0 Å². The van der Waals surface area contributed by atoms with Crippen LogP contribution in [0.5, 0.6) is 11.5 Å². The lowest BCUT2D eigenvalue weighted by Crippen LogP contribution is -2.17. The molecule has 0 unspecified atom stereocenters. The Labute approximate surface area is 190 Å². The summed E-state index contributed by atoms with van der Waals surface area (Å²) in [6.45, 7) is 2.50. The van der Waals surface area contributed by atoms with Crippen LogP contribution in [-0.2, 0) is 23.1 Å². The predicted octanol–water partition coefficient (Wildman–Crippen LogP) is 3.13. The molecule has 3 aromatic rings. The van der Waals surface area contributed by atoms with Crippen molar-refractivity contribution in [3.8, 4) is 11.5 Å². The topological polar surface area (TPSA) is 107 Å². The Kier molecular flexibility index (Phi) is 8.09. The molecule has 0 aliphatic heterocycles. The molecule has 0 saturated carbocycles. The van der Waals surface area contributed by atoms with E-state index in [0.29, 0.717) is 34.7 Å². The Morgan fingerprint density at radius 2 is 1.53 bits per heavy atom. The quantitative estimate of drug-likeness (QED) is 0.452. The molecule has 1 aromatic heterocycles. The Bertz CT molecular complexity index is 1050. The molecule has 0 bridgehead atoms. The van der Waals surface area contributed by atoms with Gasteiger partial charge in [0.1, 0.15) is 17.3 Å². The maximum atomic E-state index is 12.3. The molecular formula is C22H25N5O4S. The molecule has 2 N–H and O–H groups in total. The summed E-state index contributed by atoms with van der Waals surface area (Å²) >= 11 is 1.25. The molecule has 2 aromatic carbocycles. The van der Waals surface area contributed by atoms with E-state index in [1.165, 1.54) is 11.8 Å². The number of amides is 2. The minimum Gasteiger partial charge on any atom is -0.497 e. The van der Waals surface area contributed by atoms with Gasteiger partial charge in [0, 0.05) is 18.4 Å². The molecule has 0 radical (unpaired) electrons. The maximum Gasteiger partial charge on any atom is 0.234 e. The Balaban J connectivity index is 1.49. The molecule has 0 fully saturated rings. The maximum absolute atomic E-state index is 12.3. The Hall–Kier alpha value is -3.53. The number of nitrogens with zero attached hydrogens (tertiary/aromatic N) is 3. The molecule has 9 nitrogen and oxygen atoms in total. The molecule has 0 aliphatic rings. The van der Waals surface area contributed by atoms with Crippen LogP contribution < -0.4 is 20.1 Å². The van der Waals surface area contributed by atoms with Gasteiger partial charge in [-0.3, -0.25) is 9.59 Å². The SMILES string of the molecule is CCOc1ccc(NC(=O)CSc2nnc(CC(=O)Nc3ccc(OC)cc3)n2C)cc1. The number of hydrogen-bond acceptors (Lipinski definition) is 7. The number of nitrogens with one attached hydrogen (secondary N) is 2. The third-order valence-electron chi connectivity index (χ3n) is 4.40. The predicted molar refractivity (Wildman–Crippen MR) is 123 cm³/mol. The average molecular weight is 456 g/mol. The molecule has 0 spiro atoms. The van der Waals surface area contributed by atoms with Crippen molar-refractivity contribution in [2.24, 2.45) is 7.05 Å². The van der Waals surface area contributed by atoms with Crippen molar-refractivity contribution in [2.45, 2.75) is 18.5 Å². The third-order valence-corrected chi connectivity index (χ3v) is 5.42. The van der Waals surface area contributed by atoms with Gasteiger partial charge in [-0.15, -0.1) is 10.2 Å². The van der Waals surface area contributed by atoms with Crippen molar-refractivity contribution in [1.29, 1.82) is 0 Å². The van der Waals surface area contributed by atoms with E-state index < -0.39 is 0 Å². The number of aromatic nitrogens is 3. The van der Waals surface area contributed by atoms with Gasteiger partial charge in [0.2, 0.25) is 11.8 Å². The van der Waals surface area contributed by atoms with Crippen LogP contribution in [0.1, 0.15) is 12.7 Å². The summed E-state index contributed by atoms with van der Waals surface area (Å²) in [5.74, 6) is 1.76. The standard InChI is InChI=1S/C22H25N5O4S/c1-4-31-18-11-7-16(8-12-18)24-21(29)14-32-22-26-25-19(27(22)2)13-20(28)23-15-5-9-17(30-3)10-6-15/h5-12H,4,13-14H2,1-3H3,(H,23,28)(H,24,29). The number of thioether (sulfide) groups is 1. The molecule has 1 heterocycles. The lowest BCUT2D eigenvalue weighted by molar-refractivity contribution is -0.116. The summed E-state index contributed by atoms with van der Waals surface area (Å²) in [6, 6.07) is 14.2. The van der Waals surface area contributed by atoms with E-state index in [2.05, 4.69) is 20.8 Å². The number of ether oxygens (including phenoxy) is 2. The van der Waals surface area contributed by atoms with E-state index in [-0.39, 0.29) is 24.0 Å². The van der Waals surface area contributed by atoms with Gasteiger partial charge in [0.25, 0.3) is 0 Å². The van der Waals surface area contributed by atoms with Crippen LogP contribution in [0, 0.1) is 0 Å². The van der Waals surface area contributed by atoms with E-state index >= 15 is 0 Å². The normalized spacial score (nSPS) is 10.5. The van der Waals surface area contributed by atoms with Crippen LogP contribution >= 0.6 is 11.8 Å². The summed E-state index contributed by atoms with van der Waals surface area (Å²) in [4.78, 5) is 24.6. The third kappa shape index (κ3) is 6.48. The molecule has 10 heteroatoms. The van der Waals surface area contributed by atoms with Gasteiger partial charge in [0.05, 0.1) is 25.9 Å². The summed E-state index contributed by atoms with van der Waals surface area (Å²) < 4.78 is 12.2. The van der Waals surface area contributed by atoms with Crippen molar-refractivity contribution in [1.82, 2.24) is 14.8 Å². The van der Waals surface area contributed by atoms with Crippen molar-refractivity contribution >= 4 is 35.0 Å². The number of carbonyl (C=O) groups is 2. The van der Waals surface area contributed by atoms with Crippen molar-refractivity contribution in [2.75, 3.05) is 30.1 Å². The number of methoxy groups -OCH3 is 1. The van der Waals surface area contributed by atoms with E-state index in [4.69, 9.17) is 9.47 Å². The van der Waals surface area contributed by atoms with E-state index in [0.717, 1.165) is 5.75 Å². The zero-order valence-electron chi connectivity index (χ0n) is 18.1. The summed E-state index contributed by atoms with van der Waals surface area (Å²) in [6.07, 6.45) is 0.0640. The molecule has 2 amide bonds. The van der Waals surface area contributed by atoms with Gasteiger partial charge in [0.15, 0.2) is 5.16 Å². The number of rotatable bonds is 10. The zero-order chi connectivity index (χ0) is 22.9. The van der Waals surface area contributed by atoms with Crippen molar-refractivity contribution in [3.05, 3.63) is 54.4 Å². The summed E-state index contributed by atoms with van der Waals surface area (Å²) in [5.41, 5.74) is 1.35. The summed E-state index contributed by atoms with van der Waals surface area (Å²) in [7, 11) is 3.35. The zero-order valence-corrected chi connectivity index (χ0v) is 18.9. The number of anilines is 2. The minimum atomic E-state index is -0.213. The summed E-state index contributed by atoms with van der Waals surface area (Å²) in [5, 5.41) is 14.4. The molecule has 0 saturated heterocycles. The number of carbonyl (C=O) groups excluding carboxylic acids is 2. The molecule has 32 heavy (non-hydrogen) atoms. The van der Waals surface area contributed by atoms with Gasteiger partial charge in [-0.05, 0) is 55.5 Å². The molecule has 0 aliphatic carbocycles. The van der Waals surface area contributed by atoms with Gasteiger partial charge in [-0.25, -0.2) is 0 Å². The smallest absolute Gasteiger partial charge is 0.234 e. The fourth-order valence-corrected chi connectivity index (χ4v) is 3.51. The first-order valence-electron chi connectivity index (χ1n) is 9.96. The highest BCUT2D eigenvalue weighted by Gasteiger charge is 2.15. The second-order valence-corrected chi connectivity index (χ2v) is 7.65. The molecule has 3 rings (SSSR count). The highest BCUT2D eigenvalue weighted by atomic mass is 32.2. The fourth-order valence-electron chi connectivity index (χ4n) is 2.78.